The van der Waals surface area contributed by atoms with Crippen LogP contribution in [0.1, 0.15) is 37.7 Å². The van der Waals surface area contributed by atoms with Crippen LogP contribution in [-0.4, -0.2) is 55.0 Å². The summed E-state index contributed by atoms with van der Waals surface area (Å²) in [6.45, 7) is 5.44. The second kappa shape index (κ2) is 7.22. The third-order valence-corrected chi connectivity index (χ3v) is 6.28. The van der Waals surface area contributed by atoms with Gasteiger partial charge in [-0.05, 0) is 37.0 Å². The molecule has 2 saturated heterocycles. The number of ether oxygens (including phenoxy) is 1. The van der Waals surface area contributed by atoms with Gasteiger partial charge in [0.1, 0.15) is 5.82 Å². The summed E-state index contributed by atoms with van der Waals surface area (Å²) in [5.41, 5.74) is 1.27. The number of rotatable bonds is 3. The molecule has 4 rings (SSSR count). The van der Waals surface area contributed by atoms with E-state index in [0.29, 0.717) is 24.8 Å². The lowest BCUT2D eigenvalue weighted by Crippen LogP contribution is -2.52. The quantitative estimate of drug-likeness (QED) is 0.911. The van der Waals surface area contributed by atoms with Crippen LogP contribution >= 0.6 is 0 Å². The average Bonchev–Trinajstić information content (AvgIpc) is 2.63. The van der Waals surface area contributed by atoms with Crippen LogP contribution in [0.2, 0.25) is 0 Å². The van der Waals surface area contributed by atoms with Crippen LogP contribution in [0.4, 0.5) is 10.1 Å². The summed E-state index contributed by atoms with van der Waals surface area (Å²) in [6, 6.07) is 5.65. The molecule has 0 bridgehead atoms. The number of fused-ring (bicyclic) bond motifs is 1. The van der Waals surface area contributed by atoms with E-state index in [-0.39, 0.29) is 5.82 Å². The molecule has 0 spiro atoms. The van der Waals surface area contributed by atoms with Crippen molar-refractivity contribution in [2.24, 2.45) is 5.92 Å². The average molecular weight is 348 g/mol. The maximum Gasteiger partial charge on any atom is 0.146 e. The van der Waals surface area contributed by atoms with Crippen molar-refractivity contribution in [1.82, 2.24) is 4.90 Å². The summed E-state index contributed by atoms with van der Waals surface area (Å²) in [7, 11) is 0. The Morgan fingerprint density at radius 2 is 2.00 bits per heavy atom. The first-order valence-electron chi connectivity index (χ1n) is 9.70. The van der Waals surface area contributed by atoms with Gasteiger partial charge < -0.3 is 14.7 Å². The Kier molecular flexibility index (Phi) is 4.98. The van der Waals surface area contributed by atoms with Gasteiger partial charge in [0, 0.05) is 38.6 Å². The zero-order chi connectivity index (χ0) is 17.3. The molecule has 2 aliphatic heterocycles. The third kappa shape index (κ3) is 3.69. The minimum atomic E-state index is -0.444. The van der Waals surface area contributed by atoms with Gasteiger partial charge in [-0.2, -0.15) is 0 Å². The highest BCUT2D eigenvalue weighted by atomic mass is 19.1. The molecule has 2 unspecified atom stereocenters. The summed E-state index contributed by atoms with van der Waals surface area (Å²) < 4.78 is 19.9. The predicted molar refractivity (Wildman–Crippen MR) is 96.2 cm³/mol. The summed E-state index contributed by atoms with van der Waals surface area (Å²) in [5.74, 6) is 0.248. The molecule has 1 aromatic rings. The first-order chi connectivity index (χ1) is 12.1. The first kappa shape index (κ1) is 17.3. The van der Waals surface area contributed by atoms with E-state index in [0.717, 1.165) is 64.0 Å². The highest BCUT2D eigenvalue weighted by Crippen LogP contribution is 2.40. The minimum Gasteiger partial charge on any atom is -0.390 e. The van der Waals surface area contributed by atoms with E-state index in [1.54, 1.807) is 6.07 Å². The Labute approximate surface area is 149 Å². The molecule has 0 aromatic heterocycles. The van der Waals surface area contributed by atoms with Crippen LogP contribution in [-0.2, 0) is 11.3 Å². The maximum atomic E-state index is 14.6. The van der Waals surface area contributed by atoms with Crippen LogP contribution in [0, 0.1) is 11.7 Å². The van der Waals surface area contributed by atoms with Crippen LogP contribution in [0.25, 0.3) is 0 Å². The molecule has 1 aromatic carbocycles. The molecule has 1 saturated carbocycles. The third-order valence-electron chi connectivity index (χ3n) is 6.28. The van der Waals surface area contributed by atoms with Crippen molar-refractivity contribution >= 4 is 5.69 Å². The molecule has 0 amide bonds. The number of piperidine rings is 1. The fraction of sp³-hybridized carbons (Fsp3) is 0.700. The van der Waals surface area contributed by atoms with Crippen LogP contribution in [0.5, 0.6) is 0 Å². The van der Waals surface area contributed by atoms with Crippen molar-refractivity contribution in [3.8, 4) is 0 Å². The van der Waals surface area contributed by atoms with E-state index in [4.69, 9.17) is 4.74 Å². The summed E-state index contributed by atoms with van der Waals surface area (Å²) >= 11 is 0. The number of nitrogens with zero attached hydrogens (tertiary/aromatic N) is 2. The minimum absolute atomic E-state index is 0.134. The number of likely N-dealkylation sites (tertiary alicyclic amines) is 1. The number of aliphatic hydroxyl groups is 1. The lowest BCUT2D eigenvalue weighted by atomic mass is 9.71. The Morgan fingerprint density at radius 1 is 1.16 bits per heavy atom. The van der Waals surface area contributed by atoms with E-state index in [1.165, 1.54) is 6.42 Å². The largest absolute Gasteiger partial charge is 0.390 e. The van der Waals surface area contributed by atoms with Gasteiger partial charge in [0.25, 0.3) is 0 Å². The molecule has 4 nitrogen and oxygen atoms in total. The Bertz CT molecular complexity index is 605. The van der Waals surface area contributed by atoms with Gasteiger partial charge >= 0.3 is 0 Å². The van der Waals surface area contributed by atoms with E-state index in [2.05, 4.69) is 15.9 Å². The smallest absolute Gasteiger partial charge is 0.146 e. The van der Waals surface area contributed by atoms with Crippen molar-refractivity contribution < 1.29 is 14.2 Å². The van der Waals surface area contributed by atoms with Crippen LogP contribution < -0.4 is 4.90 Å². The lowest BCUT2D eigenvalue weighted by molar-refractivity contribution is -0.0968. The van der Waals surface area contributed by atoms with E-state index in [9.17, 15) is 9.50 Å². The molecule has 138 valence electrons. The highest BCUT2D eigenvalue weighted by molar-refractivity contribution is 5.49. The van der Waals surface area contributed by atoms with Crippen molar-refractivity contribution in [3.63, 3.8) is 0 Å². The normalized spacial score (nSPS) is 31.0. The Balaban J connectivity index is 1.40. The van der Waals surface area contributed by atoms with Crippen LogP contribution in [0.3, 0.4) is 0 Å². The van der Waals surface area contributed by atoms with E-state index in [1.807, 2.05) is 6.07 Å². The number of hydrogen-bond acceptors (Lipinski definition) is 4. The molecule has 3 fully saturated rings. The van der Waals surface area contributed by atoms with Crippen molar-refractivity contribution in [1.29, 1.82) is 0 Å². The molecule has 1 aliphatic carbocycles. The first-order valence-corrected chi connectivity index (χ1v) is 9.70. The van der Waals surface area contributed by atoms with Gasteiger partial charge in [0.15, 0.2) is 0 Å². The SMILES string of the molecule is OC12CCCCC1CN(Cc1ccc(N3CCOCC3)c(F)c1)CC2. The highest BCUT2D eigenvalue weighted by Gasteiger charge is 2.42. The van der Waals surface area contributed by atoms with E-state index >= 15 is 0 Å². The van der Waals surface area contributed by atoms with E-state index < -0.39 is 5.60 Å². The molecule has 2 atom stereocenters. The maximum absolute atomic E-state index is 14.6. The zero-order valence-corrected chi connectivity index (χ0v) is 14.9. The van der Waals surface area contributed by atoms with Gasteiger partial charge in [0.05, 0.1) is 24.5 Å². The number of anilines is 1. The number of hydrogen-bond donors (Lipinski definition) is 1. The van der Waals surface area contributed by atoms with Gasteiger partial charge in [-0.15, -0.1) is 0 Å². The summed E-state index contributed by atoms with van der Waals surface area (Å²) in [4.78, 5) is 4.44. The monoisotopic (exact) mass is 348 g/mol. The van der Waals surface area contributed by atoms with Gasteiger partial charge in [-0.3, -0.25) is 4.90 Å². The molecule has 3 aliphatic rings. The van der Waals surface area contributed by atoms with Crippen molar-refractivity contribution in [2.45, 2.75) is 44.2 Å². The standard InChI is InChI=1S/C20H29FN2O2/c21-18-13-16(4-5-19(18)23-9-11-25-12-10-23)14-22-8-7-20(24)6-2-1-3-17(20)15-22/h4-5,13,17,24H,1-3,6-12,14-15H2. The summed E-state index contributed by atoms with van der Waals surface area (Å²) in [6.07, 6.45) is 5.31. The van der Waals surface area contributed by atoms with Gasteiger partial charge in [-0.1, -0.05) is 18.9 Å². The topological polar surface area (TPSA) is 35.9 Å². The van der Waals surface area contributed by atoms with Crippen LogP contribution in [0.15, 0.2) is 18.2 Å². The molecular weight excluding hydrogens is 319 g/mol. The molecule has 2 heterocycles. The molecule has 0 radical (unpaired) electrons. The molecular formula is C20H29FN2O2. The zero-order valence-electron chi connectivity index (χ0n) is 14.9. The Morgan fingerprint density at radius 3 is 2.80 bits per heavy atom. The predicted octanol–water partition coefficient (Wildman–Crippen LogP) is 2.79. The van der Waals surface area contributed by atoms with Crippen molar-refractivity contribution in [3.05, 3.63) is 29.6 Å². The molecule has 25 heavy (non-hydrogen) atoms. The van der Waals surface area contributed by atoms with Crippen molar-refractivity contribution in [2.75, 3.05) is 44.3 Å². The molecule has 1 N–H and O–H groups in total. The number of benzene rings is 1. The second-order valence-electron chi connectivity index (χ2n) is 7.92. The Hall–Kier alpha value is -1.17. The second-order valence-corrected chi connectivity index (χ2v) is 7.92. The van der Waals surface area contributed by atoms with Gasteiger partial charge in [0.2, 0.25) is 0 Å². The summed E-state index contributed by atoms with van der Waals surface area (Å²) in [5, 5.41) is 10.8. The number of morpholine rings is 1. The van der Waals surface area contributed by atoms with Gasteiger partial charge in [-0.25, -0.2) is 4.39 Å². The molecule has 5 heteroatoms. The lowest BCUT2D eigenvalue weighted by Gasteiger charge is -2.47. The number of halogens is 1. The fourth-order valence-electron chi connectivity index (χ4n) is 4.75. The fourth-order valence-corrected chi connectivity index (χ4v) is 4.75.